The molecule has 2 aliphatic heterocycles. The van der Waals surface area contributed by atoms with E-state index in [1.807, 2.05) is 4.90 Å². The molecule has 0 aromatic carbocycles. The van der Waals surface area contributed by atoms with Gasteiger partial charge in [0, 0.05) is 27.1 Å². The molecule has 2 rings (SSSR count). The van der Waals surface area contributed by atoms with E-state index >= 15 is 0 Å². The van der Waals surface area contributed by atoms with Crippen LogP contribution in [0.2, 0.25) is 25.7 Å². The van der Waals surface area contributed by atoms with Gasteiger partial charge in [-0.25, -0.2) is 4.79 Å². The number of carbonyl (C=O) groups excluding carboxylic acids is 1. The monoisotopic (exact) mass is 241 g/mol. The second kappa shape index (κ2) is 4.39. The topological polar surface area (TPSA) is 29.5 Å². The van der Waals surface area contributed by atoms with E-state index in [1.165, 1.54) is 12.8 Å². The molecule has 0 aromatic rings. The quantitative estimate of drug-likeness (QED) is 0.695. The second-order valence-electron chi connectivity index (χ2n) is 6.35. The molecule has 4 heteroatoms. The molecule has 1 amide bonds. The van der Waals surface area contributed by atoms with Gasteiger partial charge >= 0.3 is 6.09 Å². The maximum Gasteiger partial charge on any atom is 0.410 e. The summed E-state index contributed by atoms with van der Waals surface area (Å²) in [6.07, 6.45) is 4.80. The Morgan fingerprint density at radius 2 is 2.12 bits per heavy atom. The highest BCUT2D eigenvalue weighted by atomic mass is 28.3. The van der Waals surface area contributed by atoms with E-state index < -0.39 is 8.07 Å². The summed E-state index contributed by atoms with van der Waals surface area (Å²) in [5, 5.41) is 0. The molecule has 0 saturated carbocycles. The number of hydrogen-bond acceptors (Lipinski definition) is 2. The normalized spacial score (nSPS) is 30.9. The molecule has 0 bridgehead atoms. The third-order valence-corrected chi connectivity index (χ3v) is 5.18. The molecule has 2 heterocycles. The maximum absolute atomic E-state index is 11.8. The van der Waals surface area contributed by atoms with Crippen LogP contribution in [0, 0.1) is 0 Å². The van der Waals surface area contributed by atoms with Gasteiger partial charge in [-0.15, -0.1) is 0 Å². The maximum atomic E-state index is 11.8. The highest BCUT2D eigenvalue weighted by Crippen LogP contribution is 2.30. The molecule has 0 aliphatic carbocycles. The minimum Gasteiger partial charge on any atom is -0.446 e. The number of ether oxygens (including phenoxy) is 1. The Morgan fingerprint density at radius 1 is 1.38 bits per heavy atom. The van der Waals surface area contributed by atoms with Gasteiger partial charge in [0.1, 0.15) is 6.10 Å². The summed E-state index contributed by atoms with van der Waals surface area (Å²) >= 11 is 0. The summed E-state index contributed by atoms with van der Waals surface area (Å²) in [6.45, 7) is 7.93. The van der Waals surface area contributed by atoms with Gasteiger partial charge in [0.25, 0.3) is 0 Å². The van der Waals surface area contributed by atoms with Crippen LogP contribution < -0.4 is 0 Å². The fourth-order valence-electron chi connectivity index (χ4n) is 2.86. The molecule has 16 heavy (non-hydrogen) atoms. The van der Waals surface area contributed by atoms with Crippen LogP contribution in [0.25, 0.3) is 0 Å². The summed E-state index contributed by atoms with van der Waals surface area (Å²) in [4.78, 5) is 13.8. The number of carbonyl (C=O) groups is 1. The Morgan fingerprint density at radius 3 is 2.81 bits per heavy atom. The third kappa shape index (κ3) is 2.78. The molecule has 2 aliphatic rings. The van der Waals surface area contributed by atoms with E-state index in [1.54, 1.807) is 0 Å². The van der Waals surface area contributed by atoms with Crippen molar-refractivity contribution in [2.24, 2.45) is 0 Å². The molecule has 0 aromatic heterocycles. The van der Waals surface area contributed by atoms with E-state index in [2.05, 4.69) is 19.6 Å². The number of amides is 1. The molecule has 2 atom stereocenters. The zero-order valence-corrected chi connectivity index (χ0v) is 11.7. The lowest BCUT2D eigenvalue weighted by atomic mass is 9.96. The van der Waals surface area contributed by atoms with Crippen molar-refractivity contribution in [1.82, 2.24) is 4.90 Å². The lowest BCUT2D eigenvalue weighted by molar-refractivity contribution is -0.00593. The molecular weight excluding hydrogens is 218 g/mol. The van der Waals surface area contributed by atoms with Gasteiger partial charge in [0.2, 0.25) is 0 Å². The molecule has 2 unspecified atom stereocenters. The predicted molar refractivity (Wildman–Crippen MR) is 67.4 cm³/mol. The first kappa shape index (κ1) is 12.0. The van der Waals surface area contributed by atoms with Crippen molar-refractivity contribution in [1.29, 1.82) is 0 Å². The Hall–Kier alpha value is -0.513. The van der Waals surface area contributed by atoms with Crippen molar-refractivity contribution in [3.8, 4) is 0 Å². The molecule has 2 fully saturated rings. The smallest absolute Gasteiger partial charge is 0.410 e. The zero-order chi connectivity index (χ0) is 11.8. The standard InChI is InChI=1S/C12H23NO2Si/c1-16(2,3)9-11-8-10-6-4-5-7-13(10)12(14)15-11/h10-11H,4-9H2,1-3H3. The van der Waals surface area contributed by atoms with Crippen molar-refractivity contribution in [3.63, 3.8) is 0 Å². The molecule has 0 N–H and O–H groups in total. The Labute approximate surface area is 99.2 Å². The minimum atomic E-state index is -1.13. The number of nitrogens with zero attached hydrogens (tertiary/aromatic N) is 1. The van der Waals surface area contributed by atoms with E-state index in [0.29, 0.717) is 6.04 Å². The molecule has 2 saturated heterocycles. The summed E-state index contributed by atoms with van der Waals surface area (Å²) < 4.78 is 5.55. The van der Waals surface area contributed by atoms with E-state index in [4.69, 9.17) is 4.74 Å². The van der Waals surface area contributed by atoms with Crippen LogP contribution >= 0.6 is 0 Å². The number of cyclic esters (lactones) is 1. The average Bonchev–Trinajstić information content (AvgIpc) is 2.15. The molecule has 92 valence electrons. The second-order valence-corrected chi connectivity index (χ2v) is 11.9. The van der Waals surface area contributed by atoms with Crippen molar-refractivity contribution in [2.75, 3.05) is 6.54 Å². The van der Waals surface area contributed by atoms with Crippen LogP contribution in [0.5, 0.6) is 0 Å². The van der Waals surface area contributed by atoms with E-state index in [0.717, 1.165) is 25.4 Å². The number of piperidine rings is 1. The molecular formula is C12H23NO2Si. The number of hydrogen-bond donors (Lipinski definition) is 0. The molecule has 0 spiro atoms. The fourth-order valence-corrected chi connectivity index (χ4v) is 4.47. The summed E-state index contributed by atoms with van der Waals surface area (Å²) in [6, 6.07) is 1.58. The van der Waals surface area contributed by atoms with Crippen LogP contribution in [-0.2, 0) is 4.74 Å². The minimum absolute atomic E-state index is 0.0563. The van der Waals surface area contributed by atoms with Crippen molar-refractivity contribution in [3.05, 3.63) is 0 Å². The van der Waals surface area contributed by atoms with Crippen molar-refractivity contribution >= 4 is 14.2 Å². The van der Waals surface area contributed by atoms with Crippen LogP contribution in [0.4, 0.5) is 4.79 Å². The highest BCUT2D eigenvalue weighted by Gasteiger charge is 2.37. The van der Waals surface area contributed by atoms with Crippen LogP contribution in [0.15, 0.2) is 0 Å². The van der Waals surface area contributed by atoms with Crippen LogP contribution in [0.1, 0.15) is 25.7 Å². The van der Waals surface area contributed by atoms with E-state index in [-0.39, 0.29) is 12.2 Å². The van der Waals surface area contributed by atoms with Gasteiger partial charge in [0.15, 0.2) is 0 Å². The SMILES string of the molecule is C[Si](C)(C)CC1CC2CCCCN2C(=O)O1. The van der Waals surface area contributed by atoms with Gasteiger partial charge in [0.05, 0.1) is 0 Å². The third-order valence-electron chi connectivity index (χ3n) is 3.50. The predicted octanol–water partition coefficient (Wildman–Crippen LogP) is 3.09. The zero-order valence-electron chi connectivity index (χ0n) is 10.7. The van der Waals surface area contributed by atoms with Gasteiger partial charge in [-0.05, 0) is 25.3 Å². The van der Waals surface area contributed by atoms with E-state index in [9.17, 15) is 4.79 Å². The fraction of sp³-hybridized carbons (Fsp3) is 0.917. The first-order valence-electron chi connectivity index (χ1n) is 6.43. The molecule has 3 nitrogen and oxygen atoms in total. The van der Waals surface area contributed by atoms with Gasteiger partial charge < -0.3 is 9.64 Å². The van der Waals surface area contributed by atoms with Gasteiger partial charge in [-0.2, -0.15) is 0 Å². The van der Waals surface area contributed by atoms with Crippen LogP contribution in [-0.4, -0.2) is 37.8 Å². The van der Waals surface area contributed by atoms with Crippen LogP contribution in [0.3, 0.4) is 0 Å². The Balaban J connectivity index is 1.97. The summed E-state index contributed by atoms with van der Waals surface area (Å²) in [5.41, 5.74) is 0. The summed E-state index contributed by atoms with van der Waals surface area (Å²) in [5.74, 6) is 0. The summed E-state index contributed by atoms with van der Waals surface area (Å²) in [7, 11) is -1.13. The Kier molecular flexibility index (Phi) is 3.28. The molecule has 0 radical (unpaired) electrons. The van der Waals surface area contributed by atoms with Crippen molar-refractivity contribution < 1.29 is 9.53 Å². The number of rotatable bonds is 2. The lowest BCUT2D eigenvalue weighted by Gasteiger charge is -2.42. The lowest BCUT2D eigenvalue weighted by Crippen LogP contribution is -2.52. The number of fused-ring (bicyclic) bond motifs is 1. The largest absolute Gasteiger partial charge is 0.446 e. The first-order valence-corrected chi connectivity index (χ1v) is 10.1. The van der Waals surface area contributed by atoms with Gasteiger partial charge in [-0.1, -0.05) is 19.6 Å². The highest BCUT2D eigenvalue weighted by molar-refractivity contribution is 6.76. The Bertz CT molecular complexity index is 275. The van der Waals surface area contributed by atoms with Gasteiger partial charge in [-0.3, -0.25) is 0 Å². The average molecular weight is 241 g/mol. The van der Waals surface area contributed by atoms with Crippen molar-refractivity contribution in [2.45, 2.75) is 63.5 Å². The first-order chi connectivity index (χ1) is 7.46.